The lowest BCUT2D eigenvalue weighted by Crippen LogP contribution is -2.30. The predicted molar refractivity (Wildman–Crippen MR) is 129 cm³/mol. The number of carbonyl (C=O) groups is 2. The fourth-order valence-electron chi connectivity index (χ4n) is 5.31. The van der Waals surface area contributed by atoms with Crippen molar-refractivity contribution in [3.8, 4) is 11.1 Å². The molecule has 2 aromatic rings. The number of rotatable bonds is 9. The summed E-state index contributed by atoms with van der Waals surface area (Å²) in [5.41, 5.74) is 10.7. The van der Waals surface area contributed by atoms with E-state index in [9.17, 15) is 9.59 Å². The van der Waals surface area contributed by atoms with Crippen LogP contribution in [0.3, 0.4) is 0 Å². The minimum absolute atomic E-state index is 0.0528. The van der Waals surface area contributed by atoms with Crippen molar-refractivity contribution >= 4 is 17.7 Å². The number of benzene rings is 2. The zero-order valence-corrected chi connectivity index (χ0v) is 19.5. The molecule has 0 bridgehead atoms. The van der Waals surface area contributed by atoms with Gasteiger partial charge in [-0.05, 0) is 61.1 Å². The predicted octanol–water partition coefficient (Wildman–Crippen LogP) is 4.51. The van der Waals surface area contributed by atoms with Gasteiger partial charge < -0.3 is 15.4 Å². The van der Waals surface area contributed by atoms with Crippen molar-refractivity contribution < 1.29 is 14.3 Å². The molecule has 4 rings (SSSR count). The number of amides is 1. The van der Waals surface area contributed by atoms with Gasteiger partial charge in [0.05, 0.1) is 11.8 Å². The Morgan fingerprint density at radius 3 is 2.61 bits per heavy atom. The molecule has 0 aromatic heterocycles. The molecule has 0 saturated carbocycles. The molecular formula is C27H33N3O3. The van der Waals surface area contributed by atoms with Crippen LogP contribution in [0.4, 0.5) is 0 Å². The summed E-state index contributed by atoms with van der Waals surface area (Å²) in [6.07, 6.45) is 3.68. The number of hydrogen-bond donors (Lipinski definition) is 2. The number of unbranched alkanes of at least 4 members (excludes halogenated alkanes) is 1. The van der Waals surface area contributed by atoms with Crippen molar-refractivity contribution in [3.63, 3.8) is 0 Å². The van der Waals surface area contributed by atoms with Crippen molar-refractivity contribution in [1.82, 2.24) is 4.90 Å². The standard InChI is InChI=1S/C27H33N3O3/c1-3-30(4-2)26(31)19-9-7-8-17(14-19)18-12-13-21-20(15-18)16-23-25(21)22(27(32)33-23)10-5-6-11-24(28)29/h7-9,12-15,22-23,25H,3-6,10-11,16H2,1-2H3,(H3,28,29)/t22-,23+,25+/m1/s1. The van der Waals surface area contributed by atoms with Crippen LogP contribution in [0.5, 0.6) is 0 Å². The summed E-state index contributed by atoms with van der Waals surface area (Å²) >= 11 is 0. The van der Waals surface area contributed by atoms with Gasteiger partial charge in [0, 0.05) is 37.4 Å². The van der Waals surface area contributed by atoms with Gasteiger partial charge in [0.25, 0.3) is 5.91 Å². The molecule has 6 nitrogen and oxygen atoms in total. The first-order valence-corrected chi connectivity index (χ1v) is 12.0. The summed E-state index contributed by atoms with van der Waals surface area (Å²) in [5.74, 6) is 0.143. The van der Waals surface area contributed by atoms with Gasteiger partial charge in [0.15, 0.2) is 0 Å². The third-order valence-corrected chi connectivity index (χ3v) is 7.03. The molecule has 1 amide bonds. The Bertz CT molecular complexity index is 1060. The molecule has 1 fully saturated rings. The maximum Gasteiger partial charge on any atom is 0.310 e. The second-order valence-electron chi connectivity index (χ2n) is 9.05. The molecule has 174 valence electrons. The van der Waals surface area contributed by atoms with Crippen LogP contribution in [0.1, 0.15) is 66.9 Å². The monoisotopic (exact) mass is 447 g/mol. The summed E-state index contributed by atoms with van der Waals surface area (Å²) in [5, 5.41) is 7.37. The Kier molecular flexibility index (Phi) is 6.82. The van der Waals surface area contributed by atoms with Crippen LogP contribution < -0.4 is 5.73 Å². The van der Waals surface area contributed by atoms with Crippen LogP contribution in [0.25, 0.3) is 11.1 Å². The highest BCUT2D eigenvalue weighted by molar-refractivity contribution is 5.95. The fraction of sp³-hybridized carbons (Fsp3) is 0.444. The topological polar surface area (TPSA) is 96.5 Å². The smallest absolute Gasteiger partial charge is 0.310 e. The Morgan fingerprint density at radius 1 is 1.12 bits per heavy atom. The quantitative estimate of drug-likeness (QED) is 0.256. The van der Waals surface area contributed by atoms with E-state index in [-0.39, 0.29) is 35.7 Å². The lowest BCUT2D eigenvalue weighted by Gasteiger charge is -2.19. The highest BCUT2D eigenvalue weighted by atomic mass is 16.6. The van der Waals surface area contributed by atoms with Crippen LogP contribution >= 0.6 is 0 Å². The minimum Gasteiger partial charge on any atom is -0.461 e. The van der Waals surface area contributed by atoms with Gasteiger partial charge in [-0.3, -0.25) is 15.0 Å². The van der Waals surface area contributed by atoms with E-state index in [0.717, 1.165) is 36.8 Å². The first-order chi connectivity index (χ1) is 15.9. The molecule has 0 radical (unpaired) electrons. The summed E-state index contributed by atoms with van der Waals surface area (Å²) in [7, 11) is 0. The number of carbonyl (C=O) groups excluding carboxylic acids is 2. The highest BCUT2D eigenvalue weighted by Crippen LogP contribution is 2.48. The van der Waals surface area contributed by atoms with Crippen LogP contribution in [0, 0.1) is 11.3 Å². The Labute approximate surface area is 195 Å². The number of esters is 1. The van der Waals surface area contributed by atoms with E-state index in [0.29, 0.717) is 25.1 Å². The molecule has 0 spiro atoms. The summed E-state index contributed by atoms with van der Waals surface area (Å²) < 4.78 is 5.75. The second kappa shape index (κ2) is 9.77. The number of nitrogens with two attached hydrogens (primary N) is 1. The van der Waals surface area contributed by atoms with E-state index in [4.69, 9.17) is 15.9 Å². The van der Waals surface area contributed by atoms with E-state index in [1.54, 1.807) is 0 Å². The molecule has 3 N–H and O–H groups in total. The Hall–Kier alpha value is -3.15. The van der Waals surface area contributed by atoms with E-state index in [1.807, 2.05) is 43.0 Å². The van der Waals surface area contributed by atoms with Gasteiger partial charge >= 0.3 is 5.97 Å². The first kappa shape index (κ1) is 23.0. The van der Waals surface area contributed by atoms with Gasteiger partial charge in [-0.2, -0.15) is 0 Å². The maximum atomic E-state index is 12.8. The molecule has 33 heavy (non-hydrogen) atoms. The van der Waals surface area contributed by atoms with Gasteiger partial charge in [-0.25, -0.2) is 0 Å². The summed E-state index contributed by atoms with van der Waals surface area (Å²) in [6.45, 7) is 5.36. The number of nitrogens with one attached hydrogen (secondary N) is 1. The van der Waals surface area contributed by atoms with Crippen molar-refractivity contribution in [3.05, 3.63) is 59.2 Å². The van der Waals surface area contributed by atoms with E-state index < -0.39 is 0 Å². The molecule has 2 aliphatic rings. The van der Waals surface area contributed by atoms with Crippen LogP contribution in [0.2, 0.25) is 0 Å². The molecule has 3 atom stereocenters. The average Bonchev–Trinajstić information content (AvgIpc) is 3.31. The van der Waals surface area contributed by atoms with Gasteiger partial charge in [-0.15, -0.1) is 0 Å². The number of amidine groups is 1. The zero-order valence-electron chi connectivity index (χ0n) is 19.5. The zero-order chi connectivity index (χ0) is 23.5. The van der Waals surface area contributed by atoms with Crippen molar-refractivity contribution in [2.24, 2.45) is 11.7 Å². The lowest BCUT2D eigenvalue weighted by atomic mass is 9.84. The molecule has 6 heteroatoms. The van der Waals surface area contributed by atoms with Gasteiger partial charge in [-0.1, -0.05) is 36.8 Å². The summed E-state index contributed by atoms with van der Waals surface area (Å²) in [6, 6.07) is 14.2. The largest absolute Gasteiger partial charge is 0.461 e. The van der Waals surface area contributed by atoms with Crippen molar-refractivity contribution in [1.29, 1.82) is 5.41 Å². The molecule has 1 aliphatic heterocycles. The van der Waals surface area contributed by atoms with Crippen LogP contribution in [-0.2, 0) is 16.0 Å². The molecule has 0 unspecified atom stereocenters. The molecule has 1 saturated heterocycles. The second-order valence-corrected chi connectivity index (χ2v) is 9.05. The molecule has 1 aliphatic carbocycles. The first-order valence-electron chi connectivity index (χ1n) is 12.0. The third-order valence-electron chi connectivity index (χ3n) is 7.03. The third kappa shape index (κ3) is 4.65. The van der Waals surface area contributed by atoms with Gasteiger partial charge in [0.2, 0.25) is 0 Å². The van der Waals surface area contributed by atoms with E-state index in [2.05, 4.69) is 18.2 Å². The average molecular weight is 448 g/mol. The number of fused-ring (bicyclic) bond motifs is 3. The Morgan fingerprint density at radius 2 is 1.88 bits per heavy atom. The fourth-order valence-corrected chi connectivity index (χ4v) is 5.31. The number of hydrogen-bond acceptors (Lipinski definition) is 4. The number of ether oxygens (including phenoxy) is 1. The summed E-state index contributed by atoms with van der Waals surface area (Å²) in [4.78, 5) is 27.1. The normalized spacial score (nSPS) is 20.8. The molecule has 1 heterocycles. The van der Waals surface area contributed by atoms with Crippen molar-refractivity contribution in [2.45, 2.75) is 58.0 Å². The number of nitrogens with zero attached hydrogens (tertiary/aromatic N) is 1. The minimum atomic E-state index is -0.121. The van der Waals surface area contributed by atoms with Crippen LogP contribution in [-0.4, -0.2) is 41.8 Å². The maximum absolute atomic E-state index is 12.8. The Balaban J connectivity index is 1.53. The van der Waals surface area contributed by atoms with E-state index in [1.165, 1.54) is 11.1 Å². The van der Waals surface area contributed by atoms with Crippen molar-refractivity contribution in [2.75, 3.05) is 13.1 Å². The van der Waals surface area contributed by atoms with Crippen LogP contribution in [0.15, 0.2) is 42.5 Å². The highest BCUT2D eigenvalue weighted by Gasteiger charge is 2.49. The molecule has 2 aromatic carbocycles. The lowest BCUT2D eigenvalue weighted by molar-refractivity contribution is -0.144. The van der Waals surface area contributed by atoms with Gasteiger partial charge in [0.1, 0.15) is 6.10 Å². The molecular weight excluding hydrogens is 414 g/mol. The SMILES string of the molecule is CCN(CC)C(=O)c1cccc(-c2ccc3c(c2)C[C@@H]2OC(=O)[C@H](CCCCC(=N)N)[C@H]32)c1. The van der Waals surface area contributed by atoms with E-state index >= 15 is 0 Å².